The molecule has 0 radical (unpaired) electrons. The lowest BCUT2D eigenvalue weighted by Crippen LogP contribution is -2.23. The second-order valence-corrected chi connectivity index (χ2v) is 4.34. The summed E-state index contributed by atoms with van der Waals surface area (Å²) in [4.78, 5) is 8.45. The Morgan fingerprint density at radius 3 is 2.69 bits per heavy atom. The Bertz CT molecular complexity index is 346. The smallest absolute Gasteiger partial charge is 0.239 e. The molecule has 0 spiro atoms. The molecular formula is C11H19N5. The minimum Gasteiger partial charge on any atom is -0.367 e. The van der Waals surface area contributed by atoms with Crippen LogP contribution in [0.2, 0.25) is 0 Å². The molecule has 16 heavy (non-hydrogen) atoms. The van der Waals surface area contributed by atoms with Crippen LogP contribution in [0.3, 0.4) is 0 Å². The first-order valence-electron chi connectivity index (χ1n) is 5.87. The summed E-state index contributed by atoms with van der Waals surface area (Å²) in [5, 5.41) is 3.45. The Balaban J connectivity index is 2.04. The third kappa shape index (κ3) is 2.82. The van der Waals surface area contributed by atoms with Gasteiger partial charge in [-0.2, -0.15) is 4.98 Å². The molecule has 4 N–H and O–H groups in total. The molecule has 2 rings (SSSR count). The van der Waals surface area contributed by atoms with Crippen molar-refractivity contribution in [2.24, 2.45) is 5.84 Å². The molecule has 0 unspecified atom stereocenters. The van der Waals surface area contributed by atoms with E-state index in [0.717, 1.165) is 11.5 Å². The number of aromatic nitrogens is 2. The molecule has 5 heteroatoms. The zero-order chi connectivity index (χ0) is 11.4. The van der Waals surface area contributed by atoms with E-state index in [0.29, 0.717) is 12.0 Å². The number of nitrogens with zero attached hydrogens (tertiary/aromatic N) is 2. The maximum absolute atomic E-state index is 5.32. The Labute approximate surface area is 95.8 Å². The molecule has 1 fully saturated rings. The summed E-state index contributed by atoms with van der Waals surface area (Å²) in [5.41, 5.74) is 3.40. The SMILES string of the molecule is Cc1cc(NC2CCCCC2)nc(NN)n1. The molecule has 0 atom stereocenters. The Morgan fingerprint density at radius 1 is 1.25 bits per heavy atom. The maximum atomic E-state index is 5.32. The highest BCUT2D eigenvalue weighted by molar-refractivity contribution is 5.42. The van der Waals surface area contributed by atoms with E-state index in [4.69, 9.17) is 5.84 Å². The Kier molecular flexibility index (Phi) is 3.56. The van der Waals surface area contributed by atoms with Gasteiger partial charge in [-0.25, -0.2) is 10.8 Å². The van der Waals surface area contributed by atoms with Gasteiger partial charge in [0.25, 0.3) is 0 Å². The number of hydrogen-bond acceptors (Lipinski definition) is 5. The lowest BCUT2D eigenvalue weighted by molar-refractivity contribution is 0.462. The number of nitrogens with one attached hydrogen (secondary N) is 2. The molecule has 0 amide bonds. The molecule has 0 saturated heterocycles. The number of hydrazine groups is 1. The lowest BCUT2D eigenvalue weighted by atomic mass is 9.95. The van der Waals surface area contributed by atoms with Crippen molar-refractivity contribution in [2.45, 2.75) is 45.1 Å². The van der Waals surface area contributed by atoms with Crippen molar-refractivity contribution >= 4 is 11.8 Å². The third-order valence-corrected chi connectivity index (χ3v) is 2.94. The van der Waals surface area contributed by atoms with E-state index in [1.807, 2.05) is 13.0 Å². The summed E-state index contributed by atoms with van der Waals surface area (Å²) in [6.07, 6.45) is 6.44. The number of hydrogen-bond donors (Lipinski definition) is 3. The van der Waals surface area contributed by atoms with Gasteiger partial charge < -0.3 is 5.32 Å². The average Bonchev–Trinajstić information content (AvgIpc) is 2.29. The highest BCUT2D eigenvalue weighted by Crippen LogP contribution is 2.21. The fourth-order valence-corrected chi connectivity index (χ4v) is 2.16. The standard InChI is InChI=1S/C11H19N5/c1-8-7-10(15-11(13-8)16-12)14-9-5-3-2-4-6-9/h7,9H,2-6,12H2,1H3,(H2,13,14,15,16). The number of nitrogens with two attached hydrogens (primary N) is 1. The van der Waals surface area contributed by atoms with Crippen LogP contribution in [-0.2, 0) is 0 Å². The van der Waals surface area contributed by atoms with Crippen LogP contribution in [0.4, 0.5) is 11.8 Å². The van der Waals surface area contributed by atoms with Gasteiger partial charge in [0, 0.05) is 17.8 Å². The van der Waals surface area contributed by atoms with E-state index in [1.54, 1.807) is 0 Å². The summed E-state index contributed by atoms with van der Waals surface area (Å²) in [6, 6.07) is 2.50. The molecule has 1 aliphatic carbocycles. The molecule has 88 valence electrons. The fraction of sp³-hybridized carbons (Fsp3) is 0.636. The summed E-state index contributed by atoms with van der Waals surface area (Å²) < 4.78 is 0. The van der Waals surface area contributed by atoms with E-state index in [9.17, 15) is 0 Å². The second kappa shape index (κ2) is 5.12. The van der Waals surface area contributed by atoms with Crippen molar-refractivity contribution < 1.29 is 0 Å². The molecule has 1 aromatic rings. The topological polar surface area (TPSA) is 75.9 Å². The van der Waals surface area contributed by atoms with Gasteiger partial charge in [0.15, 0.2) is 0 Å². The van der Waals surface area contributed by atoms with E-state index >= 15 is 0 Å². The van der Waals surface area contributed by atoms with Crippen molar-refractivity contribution in [3.8, 4) is 0 Å². The van der Waals surface area contributed by atoms with Gasteiger partial charge in [-0.3, -0.25) is 5.43 Å². The zero-order valence-corrected chi connectivity index (χ0v) is 9.66. The van der Waals surface area contributed by atoms with Gasteiger partial charge in [-0.1, -0.05) is 19.3 Å². The van der Waals surface area contributed by atoms with E-state index in [1.165, 1.54) is 32.1 Å². The molecule has 0 bridgehead atoms. The van der Waals surface area contributed by atoms with Gasteiger partial charge in [0.2, 0.25) is 5.95 Å². The quantitative estimate of drug-likeness (QED) is 0.536. The first kappa shape index (κ1) is 11.1. The third-order valence-electron chi connectivity index (χ3n) is 2.94. The van der Waals surface area contributed by atoms with Crippen molar-refractivity contribution in [3.63, 3.8) is 0 Å². The van der Waals surface area contributed by atoms with Crippen LogP contribution in [0, 0.1) is 6.92 Å². The minimum absolute atomic E-state index is 0.471. The summed E-state index contributed by atoms with van der Waals surface area (Å²) in [7, 11) is 0. The fourth-order valence-electron chi connectivity index (χ4n) is 2.16. The van der Waals surface area contributed by atoms with Crippen molar-refractivity contribution in [3.05, 3.63) is 11.8 Å². The summed E-state index contributed by atoms with van der Waals surface area (Å²) >= 11 is 0. The Hall–Kier alpha value is -1.36. The largest absolute Gasteiger partial charge is 0.367 e. The van der Waals surface area contributed by atoms with Crippen LogP contribution in [0.15, 0.2) is 6.07 Å². The van der Waals surface area contributed by atoms with Crippen LogP contribution < -0.4 is 16.6 Å². The van der Waals surface area contributed by atoms with E-state index in [2.05, 4.69) is 20.7 Å². The van der Waals surface area contributed by atoms with Crippen molar-refractivity contribution in [2.75, 3.05) is 10.7 Å². The molecule has 1 aliphatic rings. The van der Waals surface area contributed by atoms with E-state index < -0.39 is 0 Å². The zero-order valence-electron chi connectivity index (χ0n) is 9.66. The second-order valence-electron chi connectivity index (χ2n) is 4.34. The first-order chi connectivity index (χ1) is 7.78. The van der Waals surface area contributed by atoms with Crippen molar-refractivity contribution in [1.29, 1.82) is 0 Å². The highest BCUT2D eigenvalue weighted by atomic mass is 15.3. The lowest BCUT2D eigenvalue weighted by Gasteiger charge is -2.23. The molecule has 1 aromatic heterocycles. The Morgan fingerprint density at radius 2 is 2.00 bits per heavy atom. The van der Waals surface area contributed by atoms with Crippen LogP contribution in [0.1, 0.15) is 37.8 Å². The van der Waals surface area contributed by atoms with Gasteiger partial charge in [-0.15, -0.1) is 0 Å². The normalized spacial score (nSPS) is 17.1. The minimum atomic E-state index is 0.471. The van der Waals surface area contributed by atoms with Gasteiger partial charge in [0.05, 0.1) is 0 Å². The predicted octanol–water partition coefficient (Wildman–Crippen LogP) is 1.82. The van der Waals surface area contributed by atoms with Crippen LogP contribution in [-0.4, -0.2) is 16.0 Å². The number of aryl methyl sites for hydroxylation is 1. The predicted molar refractivity (Wildman–Crippen MR) is 65.1 cm³/mol. The first-order valence-corrected chi connectivity index (χ1v) is 5.87. The molecule has 0 aromatic carbocycles. The number of nitrogen functional groups attached to an aromatic ring is 1. The molecule has 0 aliphatic heterocycles. The van der Waals surface area contributed by atoms with Crippen LogP contribution in [0.25, 0.3) is 0 Å². The number of rotatable bonds is 3. The van der Waals surface area contributed by atoms with Gasteiger partial charge in [-0.05, 0) is 19.8 Å². The highest BCUT2D eigenvalue weighted by Gasteiger charge is 2.13. The van der Waals surface area contributed by atoms with Crippen molar-refractivity contribution in [1.82, 2.24) is 9.97 Å². The maximum Gasteiger partial charge on any atom is 0.239 e. The molecule has 1 saturated carbocycles. The van der Waals surface area contributed by atoms with Gasteiger partial charge in [0.1, 0.15) is 5.82 Å². The van der Waals surface area contributed by atoms with Crippen LogP contribution in [0.5, 0.6) is 0 Å². The average molecular weight is 221 g/mol. The monoisotopic (exact) mass is 221 g/mol. The molecule has 5 nitrogen and oxygen atoms in total. The number of anilines is 2. The molecule has 1 heterocycles. The molecular weight excluding hydrogens is 202 g/mol. The van der Waals surface area contributed by atoms with Crippen LogP contribution >= 0.6 is 0 Å². The van der Waals surface area contributed by atoms with E-state index in [-0.39, 0.29) is 0 Å². The van der Waals surface area contributed by atoms with Gasteiger partial charge >= 0.3 is 0 Å². The summed E-state index contributed by atoms with van der Waals surface area (Å²) in [5.74, 6) is 6.66. The summed E-state index contributed by atoms with van der Waals surface area (Å²) in [6.45, 7) is 1.94.